The fourth-order valence-corrected chi connectivity index (χ4v) is 6.87. The number of aliphatic hydroxyl groups is 1. The van der Waals surface area contributed by atoms with Gasteiger partial charge in [0.25, 0.3) is 5.91 Å². The van der Waals surface area contributed by atoms with E-state index in [2.05, 4.69) is 5.32 Å². The van der Waals surface area contributed by atoms with Gasteiger partial charge >= 0.3 is 0 Å². The molecule has 260 valence electrons. The maximum atomic E-state index is 14.4. The van der Waals surface area contributed by atoms with Gasteiger partial charge in [-0.15, -0.1) is 0 Å². The topological polar surface area (TPSA) is 125 Å². The van der Waals surface area contributed by atoms with Crippen LogP contribution in [0.2, 0.25) is 0 Å². The normalized spacial score (nSPS) is 20.4. The van der Waals surface area contributed by atoms with Crippen LogP contribution in [0, 0.1) is 12.8 Å². The lowest BCUT2D eigenvalue weighted by Crippen LogP contribution is -2.48. The first-order valence-corrected chi connectivity index (χ1v) is 18.0. The minimum atomic E-state index is -3.79. The number of likely N-dealkylation sites (N-methyl/N-ethyl adjacent to an activating group) is 1. The Labute approximate surface area is 285 Å². The molecule has 0 saturated carbocycles. The molecule has 0 bridgehead atoms. The highest BCUT2D eigenvalue weighted by Crippen LogP contribution is 2.29. The van der Waals surface area contributed by atoms with Gasteiger partial charge in [-0.25, -0.2) is 8.42 Å². The molecule has 0 fully saturated rings. The standard InChI is InChI=1S/C37H49N3O7S/c1-26-14-17-32(18-15-26)48(44,45)39(5)24-35-27(2)23-40(28(3)25-41)37(43)33-22-31(38-36(42)21-30-12-7-6-8-13-30)16-19-34(33)47-29(4)11-9-10-20-46-35/h6-8,12-19,22,27-29,35,41H,9-11,20-21,23-25H2,1-5H3,(H,38,42)/t27-,28+,29-,35+/m0/s1. The molecule has 0 spiro atoms. The number of nitrogens with one attached hydrogen (secondary N) is 1. The van der Waals surface area contributed by atoms with Crippen molar-refractivity contribution in [2.24, 2.45) is 5.92 Å². The Hall–Kier alpha value is -3.77. The summed E-state index contributed by atoms with van der Waals surface area (Å²) in [7, 11) is -2.24. The summed E-state index contributed by atoms with van der Waals surface area (Å²) in [5.74, 6) is -0.507. The van der Waals surface area contributed by atoms with Gasteiger partial charge in [-0.1, -0.05) is 55.0 Å². The van der Waals surface area contributed by atoms with Gasteiger partial charge in [0.1, 0.15) is 5.75 Å². The largest absolute Gasteiger partial charge is 0.490 e. The molecule has 0 aromatic heterocycles. The van der Waals surface area contributed by atoms with Gasteiger partial charge in [-0.2, -0.15) is 4.31 Å². The maximum Gasteiger partial charge on any atom is 0.258 e. The van der Waals surface area contributed by atoms with Crippen molar-refractivity contribution in [2.75, 3.05) is 38.7 Å². The van der Waals surface area contributed by atoms with E-state index in [0.29, 0.717) is 24.5 Å². The van der Waals surface area contributed by atoms with Crippen LogP contribution in [0.4, 0.5) is 5.69 Å². The minimum Gasteiger partial charge on any atom is -0.490 e. The first-order valence-electron chi connectivity index (χ1n) is 16.6. The van der Waals surface area contributed by atoms with Crippen molar-refractivity contribution >= 4 is 27.5 Å². The molecule has 0 radical (unpaired) electrons. The molecule has 0 aliphatic carbocycles. The van der Waals surface area contributed by atoms with Crippen molar-refractivity contribution in [3.63, 3.8) is 0 Å². The van der Waals surface area contributed by atoms with Crippen LogP contribution in [0.25, 0.3) is 0 Å². The van der Waals surface area contributed by atoms with Crippen molar-refractivity contribution in [3.8, 4) is 5.75 Å². The summed E-state index contributed by atoms with van der Waals surface area (Å²) >= 11 is 0. The molecule has 2 amide bonds. The average molecular weight is 680 g/mol. The zero-order valence-corrected chi connectivity index (χ0v) is 29.4. The second kappa shape index (κ2) is 17.1. The van der Waals surface area contributed by atoms with Gasteiger partial charge in [0.15, 0.2) is 0 Å². The van der Waals surface area contributed by atoms with E-state index >= 15 is 0 Å². The van der Waals surface area contributed by atoms with Gasteiger partial charge in [0.2, 0.25) is 15.9 Å². The van der Waals surface area contributed by atoms with E-state index in [9.17, 15) is 23.1 Å². The zero-order valence-electron chi connectivity index (χ0n) is 28.6. The Morgan fingerprint density at radius 1 is 1.06 bits per heavy atom. The third-order valence-electron chi connectivity index (χ3n) is 8.71. The molecule has 3 aromatic carbocycles. The molecule has 0 saturated heterocycles. The number of anilines is 1. The first-order chi connectivity index (χ1) is 22.9. The molecule has 4 atom stereocenters. The van der Waals surface area contributed by atoms with Crippen molar-refractivity contribution in [1.82, 2.24) is 9.21 Å². The van der Waals surface area contributed by atoms with Crippen LogP contribution < -0.4 is 10.1 Å². The Morgan fingerprint density at radius 3 is 2.46 bits per heavy atom. The van der Waals surface area contributed by atoms with E-state index in [4.69, 9.17) is 9.47 Å². The minimum absolute atomic E-state index is 0.0839. The number of carbonyl (C=O) groups is 2. The van der Waals surface area contributed by atoms with Gasteiger partial charge in [0.05, 0.1) is 41.7 Å². The summed E-state index contributed by atoms with van der Waals surface area (Å²) in [6, 6.07) is 20.6. The lowest BCUT2D eigenvalue weighted by Gasteiger charge is -2.35. The summed E-state index contributed by atoms with van der Waals surface area (Å²) in [6.45, 7) is 7.93. The van der Waals surface area contributed by atoms with Gasteiger partial charge in [-0.3, -0.25) is 9.59 Å². The number of carbonyl (C=O) groups excluding carboxylic acids is 2. The highest BCUT2D eigenvalue weighted by atomic mass is 32.2. The van der Waals surface area contributed by atoms with E-state index in [-0.39, 0.29) is 60.4 Å². The van der Waals surface area contributed by atoms with E-state index in [1.54, 1.807) is 61.3 Å². The lowest BCUT2D eigenvalue weighted by atomic mass is 10.0. The number of hydrogen-bond acceptors (Lipinski definition) is 7. The van der Waals surface area contributed by atoms with Gasteiger partial charge < -0.3 is 24.8 Å². The molecule has 0 unspecified atom stereocenters. The third kappa shape index (κ3) is 9.88. The molecule has 3 aromatic rings. The zero-order chi connectivity index (χ0) is 34.8. The van der Waals surface area contributed by atoms with E-state index in [1.807, 2.05) is 51.1 Å². The number of sulfonamides is 1. The van der Waals surface area contributed by atoms with Gasteiger partial charge in [-0.05, 0) is 75.9 Å². The predicted molar refractivity (Wildman–Crippen MR) is 187 cm³/mol. The maximum absolute atomic E-state index is 14.4. The summed E-state index contributed by atoms with van der Waals surface area (Å²) in [5.41, 5.74) is 2.55. The SMILES string of the molecule is Cc1ccc(S(=O)(=O)N(C)C[C@H]2OCCCC[C@H](C)Oc3ccc(NC(=O)Cc4ccccc4)cc3C(=O)N([C@H](C)CO)C[C@@H]2C)cc1. The number of ether oxygens (including phenoxy) is 2. The molecular formula is C37H49N3O7S. The summed E-state index contributed by atoms with van der Waals surface area (Å²) in [4.78, 5) is 29.0. The van der Waals surface area contributed by atoms with Crippen LogP contribution in [0.3, 0.4) is 0 Å². The van der Waals surface area contributed by atoms with Crippen molar-refractivity contribution in [2.45, 2.75) is 76.5 Å². The Kier molecular flexibility index (Phi) is 13.2. The summed E-state index contributed by atoms with van der Waals surface area (Å²) < 4.78 is 40.9. The van der Waals surface area contributed by atoms with Crippen LogP contribution in [0.5, 0.6) is 5.75 Å². The van der Waals surface area contributed by atoms with Crippen LogP contribution >= 0.6 is 0 Å². The second-order valence-electron chi connectivity index (χ2n) is 12.8. The number of amides is 2. The summed E-state index contributed by atoms with van der Waals surface area (Å²) in [6.07, 6.45) is 1.72. The number of benzene rings is 3. The Morgan fingerprint density at radius 2 is 1.77 bits per heavy atom. The molecule has 2 N–H and O–H groups in total. The number of aliphatic hydroxyl groups excluding tert-OH is 1. The molecule has 48 heavy (non-hydrogen) atoms. The number of rotatable bonds is 9. The van der Waals surface area contributed by atoms with Crippen molar-refractivity contribution in [1.29, 1.82) is 0 Å². The van der Waals surface area contributed by atoms with E-state index < -0.39 is 22.2 Å². The molecular weight excluding hydrogens is 630 g/mol. The molecule has 1 aliphatic heterocycles. The van der Waals surface area contributed by atoms with Crippen LogP contribution in [-0.4, -0.2) is 86.1 Å². The van der Waals surface area contributed by atoms with Crippen molar-refractivity contribution in [3.05, 3.63) is 89.5 Å². The molecule has 1 heterocycles. The highest BCUT2D eigenvalue weighted by molar-refractivity contribution is 7.89. The summed E-state index contributed by atoms with van der Waals surface area (Å²) in [5, 5.41) is 13.1. The molecule has 11 heteroatoms. The predicted octanol–water partition coefficient (Wildman–Crippen LogP) is 5.29. The lowest BCUT2D eigenvalue weighted by molar-refractivity contribution is -0.115. The molecule has 10 nitrogen and oxygen atoms in total. The Bertz CT molecular complexity index is 1620. The number of nitrogens with zero attached hydrogens (tertiary/aromatic N) is 2. The number of fused-ring (bicyclic) bond motifs is 1. The van der Waals surface area contributed by atoms with Gasteiger partial charge in [0, 0.05) is 38.3 Å². The monoisotopic (exact) mass is 679 g/mol. The average Bonchev–Trinajstić information content (AvgIpc) is 3.06. The van der Waals surface area contributed by atoms with Crippen LogP contribution in [-0.2, 0) is 26.0 Å². The quantitative estimate of drug-likeness (QED) is 0.315. The van der Waals surface area contributed by atoms with E-state index in [1.165, 1.54) is 4.31 Å². The third-order valence-corrected chi connectivity index (χ3v) is 10.5. The van der Waals surface area contributed by atoms with E-state index in [0.717, 1.165) is 24.0 Å². The second-order valence-corrected chi connectivity index (χ2v) is 14.9. The molecule has 4 rings (SSSR count). The van der Waals surface area contributed by atoms with Crippen LogP contribution in [0.1, 0.15) is 61.5 Å². The fraction of sp³-hybridized carbons (Fsp3) is 0.459. The smallest absolute Gasteiger partial charge is 0.258 e. The van der Waals surface area contributed by atoms with Crippen molar-refractivity contribution < 1.29 is 32.6 Å². The number of aryl methyl sites for hydroxylation is 1. The Balaban J connectivity index is 1.62. The first kappa shape index (κ1) is 37.1. The van der Waals surface area contributed by atoms with Crippen LogP contribution in [0.15, 0.2) is 77.7 Å². The highest BCUT2D eigenvalue weighted by Gasteiger charge is 2.32. The molecule has 1 aliphatic rings. The fourth-order valence-electron chi connectivity index (χ4n) is 5.69. The number of hydrogen-bond donors (Lipinski definition) is 2.